The Morgan fingerprint density at radius 1 is 1.60 bits per heavy atom. The summed E-state index contributed by atoms with van der Waals surface area (Å²) in [5, 5.41) is 9.22. The number of thiophene rings is 1. The van der Waals surface area contributed by atoms with Gasteiger partial charge in [0.25, 0.3) is 0 Å². The number of aliphatic hydroxyl groups excluding tert-OH is 1. The van der Waals surface area contributed by atoms with Crippen molar-refractivity contribution in [3.63, 3.8) is 0 Å². The minimum absolute atomic E-state index is 0.0222. The van der Waals surface area contributed by atoms with Crippen LogP contribution in [-0.4, -0.2) is 26.2 Å². The van der Waals surface area contributed by atoms with Gasteiger partial charge in [0.05, 0.1) is 10.4 Å². The topological polar surface area (TPSA) is 66.4 Å². The van der Waals surface area contributed by atoms with Crippen molar-refractivity contribution in [2.45, 2.75) is 23.7 Å². The second-order valence-corrected chi connectivity index (χ2v) is 6.68. The first-order chi connectivity index (χ1) is 6.95. The normalized spacial score (nSPS) is 14.1. The second-order valence-electron chi connectivity index (χ2n) is 2.97. The summed E-state index contributed by atoms with van der Waals surface area (Å²) in [7, 11) is -3.52. The third-order valence-electron chi connectivity index (χ3n) is 1.79. The van der Waals surface area contributed by atoms with Crippen molar-refractivity contribution in [3.05, 3.63) is 16.5 Å². The molecule has 0 spiro atoms. The van der Waals surface area contributed by atoms with Crippen molar-refractivity contribution < 1.29 is 13.5 Å². The molecule has 86 valence electrons. The highest BCUT2D eigenvalue weighted by molar-refractivity contribution is 7.91. The summed E-state index contributed by atoms with van der Waals surface area (Å²) in [6, 6.07) is 2.96. The van der Waals surface area contributed by atoms with Crippen molar-refractivity contribution in [2.24, 2.45) is 0 Å². The lowest BCUT2D eigenvalue weighted by Gasteiger charge is -2.08. The van der Waals surface area contributed by atoms with E-state index in [1.807, 2.05) is 0 Å². The van der Waals surface area contributed by atoms with Crippen LogP contribution in [0.3, 0.4) is 0 Å². The summed E-state index contributed by atoms with van der Waals surface area (Å²) in [5.41, 5.74) is 0. The maximum absolute atomic E-state index is 11.6. The summed E-state index contributed by atoms with van der Waals surface area (Å²) in [6.07, 6.45) is -0.150. The average Bonchev–Trinajstić information content (AvgIpc) is 2.62. The van der Waals surface area contributed by atoms with Crippen LogP contribution in [-0.2, 0) is 10.0 Å². The molecule has 1 heterocycles. The molecule has 0 aromatic carbocycles. The van der Waals surface area contributed by atoms with Crippen LogP contribution in [0.15, 0.2) is 16.3 Å². The van der Waals surface area contributed by atoms with Gasteiger partial charge in [-0.15, -0.1) is 11.3 Å². The molecule has 0 aliphatic rings. The molecule has 2 N–H and O–H groups in total. The largest absolute Gasteiger partial charge is 0.392 e. The Kier molecular flexibility index (Phi) is 4.54. The lowest BCUT2D eigenvalue weighted by atomic mass is 10.3. The first kappa shape index (κ1) is 12.9. The predicted octanol–water partition coefficient (Wildman–Crippen LogP) is 1.45. The third kappa shape index (κ3) is 3.73. The highest BCUT2D eigenvalue weighted by atomic mass is 35.5. The van der Waals surface area contributed by atoms with Crippen molar-refractivity contribution in [1.82, 2.24) is 4.72 Å². The molecule has 15 heavy (non-hydrogen) atoms. The summed E-state index contributed by atoms with van der Waals surface area (Å²) in [5.74, 6) is 0. The minimum Gasteiger partial charge on any atom is -0.392 e. The van der Waals surface area contributed by atoms with Crippen LogP contribution in [0.1, 0.15) is 13.3 Å². The van der Waals surface area contributed by atoms with Crippen molar-refractivity contribution >= 4 is 33.0 Å². The zero-order valence-corrected chi connectivity index (χ0v) is 10.5. The van der Waals surface area contributed by atoms with E-state index in [0.29, 0.717) is 10.8 Å². The van der Waals surface area contributed by atoms with Crippen molar-refractivity contribution in [1.29, 1.82) is 0 Å². The highest BCUT2D eigenvalue weighted by Gasteiger charge is 2.17. The minimum atomic E-state index is -3.52. The first-order valence-electron chi connectivity index (χ1n) is 4.38. The van der Waals surface area contributed by atoms with Gasteiger partial charge in [-0.3, -0.25) is 0 Å². The molecule has 0 amide bonds. The van der Waals surface area contributed by atoms with Gasteiger partial charge < -0.3 is 5.11 Å². The molecule has 1 rings (SSSR count). The number of rotatable bonds is 5. The Morgan fingerprint density at radius 2 is 2.27 bits per heavy atom. The molecule has 1 aromatic rings. The fraction of sp³-hybridized carbons (Fsp3) is 0.500. The Hall–Kier alpha value is -0.140. The van der Waals surface area contributed by atoms with Gasteiger partial charge >= 0.3 is 0 Å². The smallest absolute Gasteiger partial charge is 0.250 e. The maximum atomic E-state index is 11.6. The summed E-state index contributed by atoms with van der Waals surface area (Å²) >= 11 is 6.62. The number of sulfonamides is 1. The van der Waals surface area contributed by atoms with E-state index >= 15 is 0 Å². The van der Waals surface area contributed by atoms with Crippen LogP contribution in [0.4, 0.5) is 0 Å². The van der Waals surface area contributed by atoms with Crippen LogP contribution < -0.4 is 4.72 Å². The van der Waals surface area contributed by atoms with E-state index in [1.165, 1.54) is 12.1 Å². The molecule has 0 aliphatic carbocycles. The van der Waals surface area contributed by atoms with Gasteiger partial charge in [0.2, 0.25) is 10.0 Å². The highest BCUT2D eigenvalue weighted by Crippen LogP contribution is 2.25. The van der Waals surface area contributed by atoms with Gasteiger partial charge in [-0.2, -0.15) is 0 Å². The van der Waals surface area contributed by atoms with Crippen LogP contribution in [0, 0.1) is 0 Å². The van der Waals surface area contributed by atoms with Gasteiger partial charge in [0.15, 0.2) is 0 Å². The fourth-order valence-electron chi connectivity index (χ4n) is 0.863. The quantitative estimate of drug-likeness (QED) is 0.850. The number of hydrogen-bond donors (Lipinski definition) is 2. The summed E-state index contributed by atoms with van der Waals surface area (Å²) in [4.78, 5) is 0. The van der Waals surface area contributed by atoms with E-state index in [9.17, 15) is 13.5 Å². The van der Waals surface area contributed by atoms with Crippen LogP contribution >= 0.6 is 22.9 Å². The maximum Gasteiger partial charge on any atom is 0.250 e. The summed E-state index contributed by atoms with van der Waals surface area (Å²) < 4.78 is 26.1. The van der Waals surface area contributed by atoms with E-state index in [0.717, 1.165) is 11.3 Å². The van der Waals surface area contributed by atoms with Gasteiger partial charge in [-0.05, 0) is 18.6 Å². The SMILES string of the molecule is CCC(O)CNS(=O)(=O)c1ccc(Cl)s1. The monoisotopic (exact) mass is 269 g/mol. The van der Waals surface area contributed by atoms with E-state index in [-0.39, 0.29) is 10.8 Å². The lowest BCUT2D eigenvalue weighted by Crippen LogP contribution is -2.31. The Bertz CT molecular complexity index is 415. The lowest BCUT2D eigenvalue weighted by molar-refractivity contribution is 0.174. The summed E-state index contributed by atoms with van der Waals surface area (Å²) in [6.45, 7) is 1.80. The number of nitrogens with one attached hydrogen (secondary N) is 1. The molecule has 1 unspecified atom stereocenters. The number of halogens is 1. The van der Waals surface area contributed by atoms with Crippen LogP contribution in [0.5, 0.6) is 0 Å². The Balaban J connectivity index is 2.68. The molecule has 4 nitrogen and oxygen atoms in total. The van der Waals surface area contributed by atoms with E-state index in [2.05, 4.69) is 4.72 Å². The molecule has 1 atom stereocenters. The predicted molar refractivity (Wildman–Crippen MR) is 60.8 cm³/mol. The molecule has 1 aromatic heterocycles. The number of aliphatic hydroxyl groups is 1. The average molecular weight is 270 g/mol. The van der Waals surface area contributed by atoms with Crippen molar-refractivity contribution in [2.75, 3.05) is 6.54 Å². The van der Waals surface area contributed by atoms with E-state index < -0.39 is 16.1 Å². The molecular weight excluding hydrogens is 258 g/mol. The fourth-order valence-corrected chi connectivity index (χ4v) is 3.46. The standard InChI is InChI=1S/C8H12ClNO3S2/c1-2-6(11)5-10-15(12,13)8-4-3-7(9)14-8/h3-4,6,10-11H,2,5H2,1H3. The molecule has 0 bridgehead atoms. The third-order valence-corrected chi connectivity index (χ3v) is 4.94. The Labute approximate surface area is 97.9 Å². The van der Waals surface area contributed by atoms with E-state index in [4.69, 9.17) is 11.6 Å². The zero-order chi connectivity index (χ0) is 11.5. The molecule has 0 saturated heterocycles. The van der Waals surface area contributed by atoms with Gasteiger partial charge in [-0.25, -0.2) is 13.1 Å². The first-order valence-corrected chi connectivity index (χ1v) is 7.06. The van der Waals surface area contributed by atoms with Crippen LogP contribution in [0.2, 0.25) is 4.34 Å². The molecule has 0 fully saturated rings. The molecule has 0 saturated carbocycles. The number of hydrogen-bond acceptors (Lipinski definition) is 4. The second kappa shape index (κ2) is 5.27. The molecule has 0 radical (unpaired) electrons. The molecule has 7 heteroatoms. The van der Waals surface area contributed by atoms with Crippen molar-refractivity contribution in [3.8, 4) is 0 Å². The zero-order valence-electron chi connectivity index (χ0n) is 8.10. The van der Waals surface area contributed by atoms with Crippen LogP contribution in [0.25, 0.3) is 0 Å². The van der Waals surface area contributed by atoms with E-state index in [1.54, 1.807) is 6.92 Å². The Morgan fingerprint density at radius 3 is 2.73 bits per heavy atom. The molecular formula is C8H12ClNO3S2. The van der Waals surface area contributed by atoms with Gasteiger partial charge in [0, 0.05) is 6.54 Å². The molecule has 0 aliphatic heterocycles. The van der Waals surface area contributed by atoms with Gasteiger partial charge in [-0.1, -0.05) is 18.5 Å². The van der Waals surface area contributed by atoms with Gasteiger partial charge in [0.1, 0.15) is 4.21 Å².